The van der Waals surface area contributed by atoms with Gasteiger partial charge in [-0.25, -0.2) is 18.3 Å². The quantitative estimate of drug-likeness (QED) is 0.594. The smallest absolute Gasteiger partial charge is 0.335 e. The van der Waals surface area contributed by atoms with Gasteiger partial charge in [0.05, 0.1) is 31.5 Å². The van der Waals surface area contributed by atoms with Crippen LogP contribution in [-0.2, 0) is 0 Å². The standard InChI is InChI=1S/C22H21F2N3O4/c1-30-18-7-6-13(9-19(18)31-2)15-10-17(21(23)24)27-20(25-15)11-16(26-27)12-4-3-5-14(8-12)22(28)29/h3-9,11,15,17,21,25H,10H2,1-2H3,(H,28,29). The minimum Gasteiger partial charge on any atom is -0.493 e. The highest BCUT2D eigenvalue weighted by Crippen LogP contribution is 2.41. The number of nitrogens with one attached hydrogen (secondary N) is 1. The summed E-state index contributed by atoms with van der Waals surface area (Å²) in [5, 5.41) is 16.8. The van der Waals surface area contributed by atoms with Gasteiger partial charge < -0.3 is 19.9 Å². The fraction of sp³-hybridized carbons (Fsp3) is 0.273. The number of ether oxygens (including phenoxy) is 2. The van der Waals surface area contributed by atoms with E-state index in [4.69, 9.17) is 9.47 Å². The maximum Gasteiger partial charge on any atom is 0.335 e. The van der Waals surface area contributed by atoms with Gasteiger partial charge >= 0.3 is 5.97 Å². The second-order valence-corrected chi connectivity index (χ2v) is 7.19. The van der Waals surface area contributed by atoms with E-state index in [9.17, 15) is 18.7 Å². The van der Waals surface area contributed by atoms with Crippen LogP contribution >= 0.6 is 0 Å². The predicted molar refractivity (Wildman–Crippen MR) is 110 cm³/mol. The number of halogens is 2. The molecule has 2 atom stereocenters. The topological polar surface area (TPSA) is 85.6 Å². The summed E-state index contributed by atoms with van der Waals surface area (Å²) in [6.45, 7) is 0. The summed E-state index contributed by atoms with van der Waals surface area (Å²) in [4.78, 5) is 11.3. The van der Waals surface area contributed by atoms with Gasteiger partial charge in [-0.1, -0.05) is 18.2 Å². The van der Waals surface area contributed by atoms with Crippen molar-refractivity contribution in [2.24, 2.45) is 0 Å². The lowest BCUT2D eigenvalue weighted by atomic mass is 9.97. The highest BCUT2D eigenvalue weighted by molar-refractivity contribution is 5.89. The van der Waals surface area contributed by atoms with Crippen LogP contribution in [0.15, 0.2) is 48.5 Å². The number of alkyl halides is 2. The van der Waals surface area contributed by atoms with Gasteiger partial charge in [-0.3, -0.25) is 0 Å². The van der Waals surface area contributed by atoms with Crippen LogP contribution in [-0.4, -0.2) is 41.5 Å². The molecule has 2 heterocycles. The van der Waals surface area contributed by atoms with Crippen LogP contribution in [0.3, 0.4) is 0 Å². The molecule has 0 spiro atoms. The first kappa shape index (κ1) is 20.6. The van der Waals surface area contributed by atoms with Gasteiger partial charge in [-0.2, -0.15) is 5.10 Å². The summed E-state index contributed by atoms with van der Waals surface area (Å²) >= 11 is 0. The Hall–Kier alpha value is -3.62. The number of rotatable bonds is 6. The monoisotopic (exact) mass is 429 g/mol. The number of anilines is 1. The minimum atomic E-state index is -2.62. The van der Waals surface area contributed by atoms with Crippen molar-refractivity contribution in [2.75, 3.05) is 19.5 Å². The number of carbonyl (C=O) groups is 1. The van der Waals surface area contributed by atoms with E-state index in [-0.39, 0.29) is 18.0 Å². The second kappa shape index (κ2) is 8.25. The number of methoxy groups -OCH3 is 2. The number of hydrogen-bond acceptors (Lipinski definition) is 5. The number of aromatic nitrogens is 2. The molecule has 2 unspecified atom stereocenters. The molecule has 0 saturated heterocycles. The van der Waals surface area contributed by atoms with Gasteiger partial charge in [0, 0.05) is 11.6 Å². The summed E-state index contributed by atoms with van der Waals surface area (Å²) in [5.41, 5.74) is 1.85. The van der Waals surface area contributed by atoms with Crippen molar-refractivity contribution in [3.8, 4) is 22.8 Å². The molecule has 0 amide bonds. The zero-order chi connectivity index (χ0) is 22.1. The first-order chi connectivity index (χ1) is 14.9. The van der Waals surface area contributed by atoms with Crippen molar-refractivity contribution in [3.63, 3.8) is 0 Å². The fourth-order valence-corrected chi connectivity index (χ4v) is 3.79. The molecule has 1 aliphatic rings. The Morgan fingerprint density at radius 1 is 1.16 bits per heavy atom. The Labute approximate surface area is 177 Å². The summed E-state index contributed by atoms with van der Waals surface area (Å²) in [5.74, 6) is 0.439. The third kappa shape index (κ3) is 3.90. The molecule has 0 aliphatic carbocycles. The molecule has 4 rings (SSSR count). The van der Waals surface area contributed by atoms with E-state index in [1.54, 1.807) is 30.3 Å². The van der Waals surface area contributed by atoms with Gasteiger partial charge in [0.25, 0.3) is 6.43 Å². The number of benzene rings is 2. The molecule has 3 aromatic rings. The van der Waals surface area contributed by atoms with Gasteiger partial charge in [0.1, 0.15) is 11.9 Å². The van der Waals surface area contributed by atoms with Crippen LogP contribution < -0.4 is 14.8 Å². The first-order valence-corrected chi connectivity index (χ1v) is 9.61. The molecular weight excluding hydrogens is 408 g/mol. The molecular formula is C22H21F2N3O4. The Bertz CT molecular complexity index is 1120. The van der Waals surface area contributed by atoms with Crippen molar-refractivity contribution >= 4 is 11.8 Å². The maximum atomic E-state index is 13.9. The molecule has 9 heteroatoms. The molecule has 0 saturated carbocycles. The minimum absolute atomic E-state index is 0.102. The average molecular weight is 429 g/mol. The van der Waals surface area contributed by atoms with Gasteiger partial charge in [-0.05, 0) is 36.2 Å². The van der Waals surface area contributed by atoms with Crippen LogP contribution in [0.1, 0.15) is 34.4 Å². The molecule has 31 heavy (non-hydrogen) atoms. The van der Waals surface area contributed by atoms with E-state index in [1.807, 2.05) is 6.07 Å². The van der Waals surface area contributed by atoms with Gasteiger partial charge in [0.15, 0.2) is 11.5 Å². The van der Waals surface area contributed by atoms with E-state index < -0.39 is 18.4 Å². The zero-order valence-corrected chi connectivity index (χ0v) is 16.9. The fourth-order valence-electron chi connectivity index (χ4n) is 3.79. The summed E-state index contributed by atoms with van der Waals surface area (Å²) < 4.78 is 39.7. The van der Waals surface area contributed by atoms with E-state index >= 15 is 0 Å². The van der Waals surface area contributed by atoms with Crippen LogP contribution in [0.25, 0.3) is 11.3 Å². The van der Waals surface area contributed by atoms with Crippen LogP contribution in [0.5, 0.6) is 11.5 Å². The maximum absolute atomic E-state index is 13.9. The largest absolute Gasteiger partial charge is 0.493 e. The van der Waals surface area contributed by atoms with Crippen molar-refractivity contribution in [1.29, 1.82) is 0 Å². The predicted octanol–water partition coefficient (Wildman–Crippen LogP) is 4.63. The summed E-state index contributed by atoms with van der Waals surface area (Å²) in [6, 6.07) is 11.7. The zero-order valence-electron chi connectivity index (χ0n) is 16.9. The Morgan fingerprint density at radius 3 is 2.61 bits per heavy atom. The Balaban J connectivity index is 1.71. The lowest BCUT2D eigenvalue weighted by molar-refractivity contribution is 0.0659. The molecule has 162 valence electrons. The van der Waals surface area contributed by atoms with E-state index in [2.05, 4.69) is 10.4 Å². The normalized spacial score (nSPS) is 17.7. The molecule has 0 fully saturated rings. The molecule has 1 aromatic heterocycles. The van der Waals surface area contributed by atoms with E-state index in [0.717, 1.165) is 5.56 Å². The molecule has 7 nitrogen and oxygen atoms in total. The number of hydrogen-bond donors (Lipinski definition) is 2. The highest BCUT2D eigenvalue weighted by Gasteiger charge is 2.35. The first-order valence-electron chi connectivity index (χ1n) is 9.61. The van der Waals surface area contributed by atoms with E-state index in [0.29, 0.717) is 28.6 Å². The second-order valence-electron chi connectivity index (χ2n) is 7.19. The van der Waals surface area contributed by atoms with Crippen molar-refractivity contribution in [3.05, 3.63) is 59.7 Å². The third-order valence-electron chi connectivity index (χ3n) is 5.36. The van der Waals surface area contributed by atoms with Gasteiger partial charge in [-0.15, -0.1) is 0 Å². The SMILES string of the molecule is COc1ccc(C2CC(C(F)F)n3nc(-c4cccc(C(=O)O)c4)cc3N2)cc1OC. The molecule has 0 bridgehead atoms. The summed E-state index contributed by atoms with van der Waals surface area (Å²) in [7, 11) is 3.05. The molecule has 2 aromatic carbocycles. The lowest BCUT2D eigenvalue weighted by Crippen LogP contribution is -2.30. The number of aromatic carboxylic acids is 1. The number of carboxylic acids is 1. The van der Waals surface area contributed by atoms with Crippen LogP contribution in [0, 0.1) is 0 Å². The number of nitrogens with zero attached hydrogens (tertiary/aromatic N) is 2. The number of fused-ring (bicyclic) bond motifs is 1. The lowest BCUT2D eigenvalue weighted by Gasteiger charge is -2.32. The molecule has 0 radical (unpaired) electrons. The molecule has 2 N–H and O–H groups in total. The Kier molecular flexibility index (Phi) is 5.50. The van der Waals surface area contributed by atoms with Gasteiger partial charge in [0.2, 0.25) is 0 Å². The van der Waals surface area contributed by atoms with Crippen molar-refractivity contribution in [1.82, 2.24) is 9.78 Å². The van der Waals surface area contributed by atoms with Crippen LogP contribution in [0.4, 0.5) is 14.6 Å². The number of carboxylic acid groups (broad SMARTS) is 1. The summed E-state index contributed by atoms with van der Waals surface area (Å²) in [6.07, 6.45) is -2.50. The Morgan fingerprint density at radius 2 is 1.94 bits per heavy atom. The van der Waals surface area contributed by atoms with Crippen molar-refractivity contribution in [2.45, 2.75) is 24.9 Å². The molecule has 1 aliphatic heterocycles. The van der Waals surface area contributed by atoms with Crippen molar-refractivity contribution < 1.29 is 28.2 Å². The average Bonchev–Trinajstić information content (AvgIpc) is 3.22. The van der Waals surface area contributed by atoms with E-state index in [1.165, 1.54) is 31.0 Å². The highest BCUT2D eigenvalue weighted by atomic mass is 19.3. The van der Waals surface area contributed by atoms with Crippen LogP contribution in [0.2, 0.25) is 0 Å². The third-order valence-corrected chi connectivity index (χ3v) is 5.36.